The van der Waals surface area contributed by atoms with Crippen molar-refractivity contribution in [3.8, 4) is 11.8 Å². The highest BCUT2D eigenvalue weighted by molar-refractivity contribution is 7.99. The molecule has 0 saturated carbocycles. The van der Waals surface area contributed by atoms with E-state index in [0.717, 1.165) is 97.8 Å². The number of amides is 4. The number of carbonyl (C=O) groups excluding carboxylic acids is 4. The number of ether oxygens (including phenoxy) is 1. The third-order valence-electron chi connectivity index (χ3n) is 16.8. The fourth-order valence-corrected chi connectivity index (χ4v) is 15.1. The molecule has 3 fully saturated rings. The number of thioether (sulfide) groups is 1. The lowest BCUT2D eigenvalue weighted by atomic mass is 9.71. The second-order valence-electron chi connectivity index (χ2n) is 23.2. The number of carbonyl (C=O) groups is 4. The minimum Gasteiger partial charge on any atom is -0.380 e. The summed E-state index contributed by atoms with van der Waals surface area (Å²) in [6.07, 6.45) is 4.41. The number of hydrogen-bond acceptors (Lipinski definition) is 15. The smallest absolute Gasteiger partial charge is 0.380 e. The van der Waals surface area contributed by atoms with E-state index in [-0.39, 0.29) is 35.8 Å². The Morgan fingerprint density at radius 1 is 0.875 bits per heavy atom. The maximum absolute atomic E-state index is 14.4. The molecule has 466 valence electrons. The molecule has 0 radical (unpaired) electrons. The van der Waals surface area contributed by atoms with E-state index >= 15 is 0 Å². The fraction of sp³-hybridized carbons (Fsp3) is 0.406. The van der Waals surface area contributed by atoms with Gasteiger partial charge in [-0.25, -0.2) is 21.6 Å². The van der Waals surface area contributed by atoms with E-state index in [9.17, 15) is 49.2 Å². The average molecular weight is 1280 g/mol. The molecule has 24 heteroatoms. The van der Waals surface area contributed by atoms with Crippen LogP contribution >= 0.6 is 23.4 Å². The monoisotopic (exact) mass is 1280 g/mol. The van der Waals surface area contributed by atoms with Crippen LogP contribution in [-0.2, 0) is 40.7 Å². The summed E-state index contributed by atoms with van der Waals surface area (Å²) in [4.78, 5) is 58.1. The maximum atomic E-state index is 14.4. The number of fused-ring (bicyclic) bond motifs is 1. The Kier molecular flexibility index (Phi) is 20.4. The SMILES string of the molecule is C[C@@]1(CNCC#Cc2ccc3c(c2)CN(C2CCC(=O)NC2=O)C3=O)CCC(c2ccc(Cl)cc2)=C(CN2CCN(c3ccc(C(=O)NS(=O)(=O)c4ccc(N[C@H](CCN5CCCOCC5)CSc5ccccc5)c(S(=O)(=O)C(F)(F)F)c4)cc3)CC2)C1. The van der Waals surface area contributed by atoms with Crippen LogP contribution in [0.2, 0.25) is 5.02 Å². The second kappa shape index (κ2) is 28.0. The quantitative estimate of drug-likeness (QED) is 0.0249. The molecule has 0 bridgehead atoms. The first-order valence-electron chi connectivity index (χ1n) is 29.4. The lowest BCUT2D eigenvalue weighted by molar-refractivity contribution is -0.136. The van der Waals surface area contributed by atoms with Gasteiger partial charge < -0.3 is 30.1 Å². The van der Waals surface area contributed by atoms with Gasteiger partial charge in [0.2, 0.25) is 11.8 Å². The van der Waals surface area contributed by atoms with E-state index in [0.29, 0.717) is 81.2 Å². The molecule has 3 saturated heterocycles. The second-order valence-corrected chi connectivity index (χ2v) is 28.3. The summed E-state index contributed by atoms with van der Waals surface area (Å²) in [5, 5.41) is 9.59. The van der Waals surface area contributed by atoms with Gasteiger partial charge in [-0.15, -0.1) is 11.8 Å². The highest BCUT2D eigenvalue weighted by atomic mass is 35.5. The van der Waals surface area contributed by atoms with Gasteiger partial charge in [0.1, 0.15) is 10.9 Å². The van der Waals surface area contributed by atoms with Gasteiger partial charge in [0, 0.05) is 123 Å². The number of imide groups is 1. The summed E-state index contributed by atoms with van der Waals surface area (Å²) in [5.74, 6) is 4.76. The minimum atomic E-state index is -6.10. The highest BCUT2D eigenvalue weighted by Crippen LogP contribution is 2.43. The first-order valence-corrected chi connectivity index (χ1v) is 33.7. The first-order chi connectivity index (χ1) is 42.1. The summed E-state index contributed by atoms with van der Waals surface area (Å²) in [7, 11) is -11.0. The number of sulfone groups is 1. The normalized spacial score (nSPS) is 20.2. The highest BCUT2D eigenvalue weighted by Gasteiger charge is 2.49. The number of hydrogen-bond donors (Lipinski definition) is 4. The Labute approximate surface area is 521 Å². The molecule has 5 aromatic rings. The number of piperidine rings is 1. The number of halogens is 4. The van der Waals surface area contributed by atoms with Crippen LogP contribution in [0.5, 0.6) is 0 Å². The van der Waals surface area contributed by atoms with Gasteiger partial charge >= 0.3 is 5.51 Å². The lowest BCUT2D eigenvalue weighted by Gasteiger charge is -2.41. The predicted molar refractivity (Wildman–Crippen MR) is 333 cm³/mol. The summed E-state index contributed by atoms with van der Waals surface area (Å²) >= 11 is 7.77. The number of nitrogens with zero attached hydrogens (tertiary/aromatic N) is 4. The number of nitrogens with one attached hydrogen (secondary N) is 4. The van der Waals surface area contributed by atoms with Gasteiger partial charge in [-0.1, -0.05) is 66.3 Å². The number of allylic oxidation sites excluding steroid dienone is 1. The molecule has 4 aliphatic heterocycles. The average Bonchev–Trinajstić information content (AvgIpc) is 1.95. The van der Waals surface area contributed by atoms with Crippen LogP contribution in [0.1, 0.15) is 89.3 Å². The fourth-order valence-electron chi connectivity index (χ4n) is 12.0. The molecule has 0 aromatic heterocycles. The molecule has 10 rings (SSSR count). The third-order valence-corrected chi connectivity index (χ3v) is 21.1. The maximum Gasteiger partial charge on any atom is 0.501 e. The zero-order chi connectivity index (χ0) is 62.2. The summed E-state index contributed by atoms with van der Waals surface area (Å²) in [6, 6.07) is 30.3. The van der Waals surface area contributed by atoms with Crippen molar-refractivity contribution in [1.29, 1.82) is 0 Å². The number of alkyl halides is 3. The zero-order valence-electron chi connectivity index (χ0n) is 48.7. The van der Waals surface area contributed by atoms with E-state index in [4.69, 9.17) is 16.3 Å². The lowest BCUT2D eigenvalue weighted by Crippen LogP contribution is -2.52. The number of benzene rings is 5. The van der Waals surface area contributed by atoms with Crippen molar-refractivity contribution >= 4 is 83.8 Å². The third kappa shape index (κ3) is 15.8. The van der Waals surface area contributed by atoms with E-state index < -0.39 is 64.7 Å². The van der Waals surface area contributed by atoms with Crippen molar-refractivity contribution in [1.82, 2.24) is 30.1 Å². The molecule has 17 nitrogen and oxygen atoms in total. The molecular formula is C64H70ClF3N8O9S3. The molecular weight excluding hydrogens is 1210 g/mol. The molecule has 1 aliphatic carbocycles. The van der Waals surface area contributed by atoms with Crippen LogP contribution in [0.3, 0.4) is 0 Å². The van der Waals surface area contributed by atoms with Crippen LogP contribution in [-0.4, -0.2) is 157 Å². The molecule has 4 N–H and O–H groups in total. The molecule has 1 unspecified atom stereocenters. The van der Waals surface area contributed by atoms with Crippen LogP contribution in [0.25, 0.3) is 5.57 Å². The van der Waals surface area contributed by atoms with E-state index in [1.54, 1.807) is 18.2 Å². The molecule has 0 spiro atoms. The topological polar surface area (TPSA) is 207 Å². The van der Waals surface area contributed by atoms with Gasteiger partial charge in [-0.05, 0) is 146 Å². The van der Waals surface area contributed by atoms with E-state index in [1.165, 1.54) is 39.9 Å². The molecule has 5 aliphatic rings. The standard InChI is InChI=1S/C64H70ClF3N8O9S3/c1-63(43-69-27-5-7-44-10-20-55-47(37-44)41-76(62(55)80)57-22-23-59(77)71-61(57)79)26-24-54(45-11-15-49(65)16-12-45)48(39-63)40-74-30-32-75(33-31-74)51-17-13-46(14-18-51)60(78)72-88(83,84)53-19-21-56(58(38-53)87(81,82)64(66,67)68)70-50(42-86-52-8-3-2-4-9-52)25-29-73-28-6-35-85-36-34-73/h2-4,8-21,37-38,50,57,69-70H,6,22-36,39-43H2,1H3,(H,72,78)(H,71,77,79)/t50-,57?,63-/m1/s1. The van der Waals surface area contributed by atoms with Crippen molar-refractivity contribution in [3.05, 3.63) is 154 Å². The summed E-state index contributed by atoms with van der Waals surface area (Å²) < 4.78 is 105. The zero-order valence-corrected chi connectivity index (χ0v) is 51.9. The Morgan fingerprint density at radius 2 is 1.64 bits per heavy atom. The molecule has 5 aromatic carbocycles. The molecule has 88 heavy (non-hydrogen) atoms. The first kappa shape index (κ1) is 64.2. The van der Waals surface area contributed by atoms with Crippen LogP contribution in [0.15, 0.2) is 136 Å². The summed E-state index contributed by atoms with van der Waals surface area (Å²) in [5.41, 5.74) is 0.402. The Balaban J connectivity index is 0.749. The minimum absolute atomic E-state index is 0.0370. The number of rotatable bonds is 20. The van der Waals surface area contributed by atoms with Gasteiger partial charge in [0.25, 0.3) is 31.7 Å². The van der Waals surface area contributed by atoms with Crippen LogP contribution in [0.4, 0.5) is 24.5 Å². The number of anilines is 2. The number of sulfonamides is 1. The largest absolute Gasteiger partial charge is 0.501 e. The van der Waals surface area contributed by atoms with Crippen molar-refractivity contribution in [2.45, 2.75) is 90.7 Å². The van der Waals surface area contributed by atoms with Crippen molar-refractivity contribution in [2.75, 3.05) is 94.6 Å². The molecule has 3 atom stereocenters. The van der Waals surface area contributed by atoms with Crippen molar-refractivity contribution in [3.63, 3.8) is 0 Å². The van der Waals surface area contributed by atoms with Gasteiger partial charge in [0.15, 0.2) is 0 Å². The number of piperazine rings is 1. The molecule has 4 heterocycles. The predicted octanol–water partition coefficient (Wildman–Crippen LogP) is 8.61. The Hall–Kier alpha value is -6.75. The Bertz CT molecular complexity index is 3720. The Morgan fingerprint density at radius 3 is 2.38 bits per heavy atom. The van der Waals surface area contributed by atoms with E-state index in [1.807, 2.05) is 59.3 Å². The van der Waals surface area contributed by atoms with Gasteiger partial charge in [0.05, 0.1) is 23.7 Å². The van der Waals surface area contributed by atoms with Crippen molar-refractivity contribution in [2.24, 2.45) is 5.41 Å². The van der Waals surface area contributed by atoms with Crippen molar-refractivity contribution < 1.29 is 53.9 Å². The molecule has 4 amide bonds. The van der Waals surface area contributed by atoms with E-state index in [2.05, 4.69) is 61.5 Å². The summed E-state index contributed by atoms with van der Waals surface area (Å²) in [6.45, 7) is 10.4. The van der Waals surface area contributed by atoms with Crippen LogP contribution < -0.4 is 25.6 Å². The van der Waals surface area contributed by atoms with Gasteiger partial charge in [-0.3, -0.25) is 29.4 Å². The van der Waals surface area contributed by atoms with Crippen LogP contribution in [0, 0.1) is 17.3 Å². The van der Waals surface area contributed by atoms with Gasteiger partial charge in [-0.2, -0.15) is 13.2 Å².